The number of thiazole rings is 1. The second-order valence-electron chi connectivity index (χ2n) is 5.81. The summed E-state index contributed by atoms with van der Waals surface area (Å²) in [7, 11) is 1.81. The van der Waals surface area contributed by atoms with E-state index in [4.69, 9.17) is 0 Å². The fourth-order valence-electron chi connectivity index (χ4n) is 2.83. The van der Waals surface area contributed by atoms with Crippen LogP contribution in [0.4, 0.5) is 0 Å². The van der Waals surface area contributed by atoms with Crippen LogP contribution in [0.5, 0.6) is 0 Å². The van der Waals surface area contributed by atoms with Gasteiger partial charge in [0.1, 0.15) is 0 Å². The number of nitrogens with one attached hydrogen (secondary N) is 1. The molecule has 1 atom stereocenters. The number of hydrogen-bond donors (Lipinski definition) is 1. The van der Waals surface area contributed by atoms with Crippen molar-refractivity contribution in [1.29, 1.82) is 0 Å². The van der Waals surface area contributed by atoms with Gasteiger partial charge in [-0.1, -0.05) is 0 Å². The summed E-state index contributed by atoms with van der Waals surface area (Å²) in [6.07, 6.45) is 5.47. The largest absolute Gasteiger partial charge is 0.348 e. The number of hydrogen-bond acceptors (Lipinski definition) is 5. The van der Waals surface area contributed by atoms with Crippen molar-refractivity contribution in [2.24, 2.45) is 7.05 Å². The van der Waals surface area contributed by atoms with E-state index in [1.807, 2.05) is 14.0 Å². The summed E-state index contributed by atoms with van der Waals surface area (Å²) in [5.41, 5.74) is 1.75. The van der Waals surface area contributed by atoms with Gasteiger partial charge in [-0.2, -0.15) is 5.10 Å². The predicted octanol–water partition coefficient (Wildman–Crippen LogP) is 1.58. The predicted molar refractivity (Wildman–Crippen MR) is 85.8 cm³/mol. The van der Waals surface area contributed by atoms with E-state index in [1.165, 1.54) is 0 Å². The lowest BCUT2D eigenvalue weighted by Gasteiger charge is -2.32. The van der Waals surface area contributed by atoms with Crippen LogP contribution in [0.25, 0.3) is 0 Å². The summed E-state index contributed by atoms with van der Waals surface area (Å²) < 4.78 is 1.65. The maximum Gasteiger partial charge on any atom is 0.254 e. The van der Waals surface area contributed by atoms with Crippen molar-refractivity contribution in [2.75, 3.05) is 13.1 Å². The van der Waals surface area contributed by atoms with Crippen molar-refractivity contribution in [1.82, 2.24) is 25.0 Å². The van der Waals surface area contributed by atoms with E-state index >= 15 is 0 Å². The molecule has 0 spiro atoms. The minimum Gasteiger partial charge on any atom is -0.348 e. The van der Waals surface area contributed by atoms with E-state index in [9.17, 15) is 4.79 Å². The summed E-state index contributed by atoms with van der Waals surface area (Å²) in [4.78, 5) is 19.1. The first kappa shape index (κ1) is 15.2. The molecule has 1 aliphatic heterocycles. The topological polar surface area (TPSA) is 63.1 Å². The van der Waals surface area contributed by atoms with Crippen molar-refractivity contribution in [3.63, 3.8) is 0 Å². The van der Waals surface area contributed by atoms with Gasteiger partial charge in [0, 0.05) is 37.8 Å². The van der Waals surface area contributed by atoms with Gasteiger partial charge < -0.3 is 5.32 Å². The van der Waals surface area contributed by atoms with Gasteiger partial charge in [0.25, 0.3) is 5.91 Å². The third-order valence-corrected chi connectivity index (χ3v) is 4.68. The van der Waals surface area contributed by atoms with Crippen LogP contribution >= 0.6 is 11.3 Å². The Bertz CT molecular complexity index is 650. The van der Waals surface area contributed by atoms with Crippen LogP contribution < -0.4 is 5.32 Å². The molecule has 2 aromatic rings. The summed E-state index contributed by atoms with van der Waals surface area (Å²) >= 11 is 1.69. The molecule has 0 aliphatic carbocycles. The Morgan fingerprint density at radius 2 is 2.41 bits per heavy atom. The Labute approximate surface area is 134 Å². The molecule has 2 aromatic heterocycles. The molecule has 0 bridgehead atoms. The molecule has 1 N–H and O–H groups in total. The smallest absolute Gasteiger partial charge is 0.254 e. The maximum atomic E-state index is 12.2. The normalized spacial score (nSPS) is 19.3. The van der Waals surface area contributed by atoms with Crippen molar-refractivity contribution < 1.29 is 4.79 Å². The first-order chi connectivity index (χ1) is 10.6. The van der Waals surface area contributed by atoms with Crippen molar-refractivity contribution >= 4 is 17.2 Å². The van der Waals surface area contributed by atoms with E-state index in [2.05, 4.69) is 25.7 Å². The highest BCUT2D eigenvalue weighted by Gasteiger charge is 2.22. The van der Waals surface area contributed by atoms with Crippen LogP contribution in [0.1, 0.15) is 33.9 Å². The zero-order valence-corrected chi connectivity index (χ0v) is 13.8. The molecule has 118 valence electrons. The standard InChI is InChI=1S/C15H21N5OS/c1-11-17-14(10-22-11)9-20-5-3-4-13(8-20)18-15(21)12-6-16-19(2)7-12/h6-7,10,13H,3-5,8-9H2,1-2H3,(H,18,21). The maximum absolute atomic E-state index is 12.2. The lowest BCUT2D eigenvalue weighted by Crippen LogP contribution is -2.47. The van der Waals surface area contributed by atoms with Crippen molar-refractivity contribution in [3.8, 4) is 0 Å². The number of carbonyl (C=O) groups is 1. The van der Waals surface area contributed by atoms with E-state index < -0.39 is 0 Å². The average molecular weight is 319 g/mol. The number of likely N-dealkylation sites (tertiary alicyclic amines) is 1. The van der Waals surface area contributed by atoms with E-state index in [-0.39, 0.29) is 11.9 Å². The van der Waals surface area contributed by atoms with E-state index in [0.29, 0.717) is 5.56 Å². The fourth-order valence-corrected chi connectivity index (χ4v) is 3.44. The van der Waals surface area contributed by atoms with Crippen LogP contribution in [0.2, 0.25) is 0 Å². The Kier molecular flexibility index (Phi) is 4.54. The summed E-state index contributed by atoms with van der Waals surface area (Å²) in [5.74, 6) is -0.0375. The average Bonchev–Trinajstić information content (AvgIpc) is 3.08. The Hall–Kier alpha value is -1.73. The molecule has 7 heteroatoms. The molecule has 6 nitrogen and oxygen atoms in total. The van der Waals surface area contributed by atoms with Crippen LogP contribution in [0.3, 0.4) is 0 Å². The minimum atomic E-state index is -0.0375. The van der Waals surface area contributed by atoms with Gasteiger partial charge in [-0.25, -0.2) is 4.98 Å². The van der Waals surface area contributed by atoms with Crippen molar-refractivity contribution in [3.05, 3.63) is 34.0 Å². The van der Waals surface area contributed by atoms with Gasteiger partial charge in [-0.3, -0.25) is 14.4 Å². The quantitative estimate of drug-likeness (QED) is 0.929. The van der Waals surface area contributed by atoms with Crippen LogP contribution in [0, 0.1) is 6.92 Å². The molecule has 3 rings (SSSR count). The molecule has 0 radical (unpaired) electrons. The van der Waals surface area contributed by atoms with Gasteiger partial charge in [0.2, 0.25) is 0 Å². The van der Waals surface area contributed by atoms with Crippen LogP contribution in [-0.2, 0) is 13.6 Å². The Balaban J connectivity index is 1.55. The molecular formula is C15H21N5OS. The summed E-state index contributed by atoms with van der Waals surface area (Å²) in [5, 5.41) is 10.4. The number of aryl methyl sites for hydroxylation is 2. The second kappa shape index (κ2) is 6.58. The monoisotopic (exact) mass is 319 g/mol. The first-order valence-corrected chi connectivity index (χ1v) is 8.41. The number of carbonyl (C=O) groups excluding carboxylic acids is 1. The molecule has 1 saturated heterocycles. The van der Waals surface area contributed by atoms with Gasteiger partial charge >= 0.3 is 0 Å². The Morgan fingerprint density at radius 3 is 3.09 bits per heavy atom. The summed E-state index contributed by atoms with van der Waals surface area (Å²) in [6, 6.07) is 0.196. The minimum absolute atomic E-state index is 0.0375. The van der Waals surface area contributed by atoms with E-state index in [0.717, 1.165) is 43.2 Å². The second-order valence-corrected chi connectivity index (χ2v) is 6.87. The van der Waals surface area contributed by atoms with Crippen molar-refractivity contribution in [2.45, 2.75) is 32.4 Å². The van der Waals surface area contributed by atoms with Gasteiger partial charge in [0.15, 0.2) is 0 Å². The lowest BCUT2D eigenvalue weighted by molar-refractivity contribution is 0.0900. The highest BCUT2D eigenvalue weighted by atomic mass is 32.1. The third kappa shape index (κ3) is 3.72. The highest BCUT2D eigenvalue weighted by molar-refractivity contribution is 7.09. The highest BCUT2D eigenvalue weighted by Crippen LogP contribution is 2.16. The summed E-state index contributed by atoms with van der Waals surface area (Å²) in [6.45, 7) is 4.84. The molecule has 1 unspecified atom stereocenters. The molecule has 1 aliphatic rings. The Morgan fingerprint density at radius 1 is 1.55 bits per heavy atom. The SMILES string of the molecule is Cc1nc(CN2CCCC(NC(=O)c3cnn(C)c3)C2)cs1. The molecular weight excluding hydrogens is 298 g/mol. The van der Waals surface area contributed by atoms with E-state index in [1.54, 1.807) is 28.4 Å². The number of aromatic nitrogens is 3. The number of amides is 1. The first-order valence-electron chi connectivity index (χ1n) is 7.53. The number of nitrogens with zero attached hydrogens (tertiary/aromatic N) is 4. The number of piperidine rings is 1. The van der Waals surface area contributed by atoms with Gasteiger partial charge in [0.05, 0.1) is 22.5 Å². The molecule has 3 heterocycles. The molecule has 1 fully saturated rings. The molecule has 22 heavy (non-hydrogen) atoms. The van der Waals surface area contributed by atoms with Crippen LogP contribution in [0.15, 0.2) is 17.8 Å². The molecule has 1 amide bonds. The molecule has 0 saturated carbocycles. The number of rotatable bonds is 4. The van der Waals surface area contributed by atoms with Gasteiger partial charge in [-0.15, -0.1) is 11.3 Å². The van der Waals surface area contributed by atoms with Gasteiger partial charge in [-0.05, 0) is 26.3 Å². The van der Waals surface area contributed by atoms with Crippen LogP contribution in [-0.4, -0.2) is 44.7 Å². The zero-order chi connectivity index (χ0) is 15.5. The fraction of sp³-hybridized carbons (Fsp3) is 0.533. The third-order valence-electron chi connectivity index (χ3n) is 3.86. The molecule has 0 aromatic carbocycles. The zero-order valence-electron chi connectivity index (χ0n) is 13.0. The lowest BCUT2D eigenvalue weighted by atomic mass is 10.1.